The van der Waals surface area contributed by atoms with E-state index in [1.165, 1.54) is 24.3 Å². The standard InChI is InChI=1S/C28H31N5O8S/c1-3-40-23-12-8-19(15-24(23)41-4-2)26(35)30-14-13-18-5-9-21(10-6-18)42(38,39)33-27(36)20-7-11-22(31-17-20)28(37)32-25(34)16-29/h5-12,15,17H,3-4,13-14,16,29H2,1-2H3,(H,30,35)(H,33,36)(H,32,34,37). The fourth-order valence-corrected chi connectivity index (χ4v) is 4.57. The summed E-state index contributed by atoms with van der Waals surface area (Å²) in [5, 5.41) is 4.82. The van der Waals surface area contributed by atoms with Gasteiger partial charge in [0.05, 0.1) is 30.2 Å². The summed E-state index contributed by atoms with van der Waals surface area (Å²) in [6, 6.07) is 13.1. The maximum Gasteiger partial charge on any atom is 0.276 e. The minimum absolute atomic E-state index is 0.117. The van der Waals surface area contributed by atoms with Crippen molar-refractivity contribution in [3.8, 4) is 11.5 Å². The van der Waals surface area contributed by atoms with E-state index in [0.717, 1.165) is 11.8 Å². The predicted octanol–water partition coefficient (Wildman–Crippen LogP) is 1.19. The SMILES string of the molecule is CCOc1ccc(C(=O)NCCc2ccc(S(=O)(=O)NC(=O)c3ccc(C(=O)NC(=O)CN)nc3)cc2)cc1OCC. The molecule has 13 nitrogen and oxygen atoms in total. The number of nitrogens with two attached hydrogens (primary N) is 1. The quantitative estimate of drug-likeness (QED) is 0.222. The Balaban J connectivity index is 1.55. The highest BCUT2D eigenvalue weighted by Gasteiger charge is 2.20. The molecular formula is C28H31N5O8S. The largest absolute Gasteiger partial charge is 0.490 e. The number of hydrogen-bond donors (Lipinski definition) is 4. The molecular weight excluding hydrogens is 566 g/mol. The Morgan fingerprint density at radius 1 is 0.833 bits per heavy atom. The molecule has 1 heterocycles. The summed E-state index contributed by atoms with van der Waals surface area (Å²) < 4.78 is 38.4. The average Bonchev–Trinajstić information content (AvgIpc) is 2.98. The summed E-state index contributed by atoms with van der Waals surface area (Å²) in [5.74, 6) is -1.73. The van der Waals surface area contributed by atoms with Crippen LogP contribution in [0.25, 0.3) is 0 Å². The van der Waals surface area contributed by atoms with E-state index in [0.29, 0.717) is 43.2 Å². The van der Waals surface area contributed by atoms with E-state index >= 15 is 0 Å². The molecule has 4 amide bonds. The number of ether oxygens (including phenoxy) is 2. The zero-order valence-electron chi connectivity index (χ0n) is 23.0. The van der Waals surface area contributed by atoms with Gasteiger partial charge in [0.1, 0.15) is 5.69 Å². The number of carbonyl (C=O) groups is 4. The number of amides is 4. The van der Waals surface area contributed by atoms with Gasteiger partial charge in [-0.2, -0.15) is 0 Å². The van der Waals surface area contributed by atoms with Crippen molar-refractivity contribution >= 4 is 33.7 Å². The van der Waals surface area contributed by atoms with Crippen LogP contribution in [0.4, 0.5) is 0 Å². The van der Waals surface area contributed by atoms with Gasteiger partial charge in [-0.25, -0.2) is 13.1 Å². The second-order valence-electron chi connectivity index (χ2n) is 8.63. The van der Waals surface area contributed by atoms with E-state index in [2.05, 4.69) is 10.3 Å². The Morgan fingerprint density at radius 2 is 1.50 bits per heavy atom. The summed E-state index contributed by atoms with van der Waals surface area (Å²) >= 11 is 0. The number of hydrogen-bond acceptors (Lipinski definition) is 10. The van der Waals surface area contributed by atoms with Crippen LogP contribution in [-0.2, 0) is 21.2 Å². The Hall–Kier alpha value is -4.82. The van der Waals surface area contributed by atoms with Crippen LogP contribution in [0.1, 0.15) is 50.6 Å². The van der Waals surface area contributed by atoms with Gasteiger partial charge in [0.25, 0.3) is 27.7 Å². The molecule has 0 fully saturated rings. The molecule has 0 bridgehead atoms. The Kier molecular flexibility index (Phi) is 11.1. The molecule has 5 N–H and O–H groups in total. The van der Waals surface area contributed by atoms with Crippen LogP contribution in [-0.4, -0.2) is 63.3 Å². The lowest BCUT2D eigenvalue weighted by molar-refractivity contribution is -0.118. The van der Waals surface area contributed by atoms with Crippen LogP contribution in [0.15, 0.2) is 65.7 Å². The Bertz CT molecular complexity index is 1540. The molecule has 42 heavy (non-hydrogen) atoms. The molecule has 0 aliphatic carbocycles. The molecule has 222 valence electrons. The highest BCUT2D eigenvalue weighted by molar-refractivity contribution is 7.90. The number of rotatable bonds is 13. The number of aromatic nitrogens is 1. The Morgan fingerprint density at radius 3 is 2.12 bits per heavy atom. The molecule has 0 radical (unpaired) electrons. The molecule has 3 rings (SSSR count). The number of nitrogens with zero attached hydrogens (tertiary/aromatic N) is 1. The molecule has 1 aromatic heterocycles. The fourth-order valence-electron chi connectivity index (χ4n) is 3.59. The molecule has 14 heteroatoms. The first-order valence-corrected chi connectivity index (χ1v) is 14.4. The lowest BCUT2D eigenvalue weighted by Crippen LogP contribution is -2.36. The molecule has 0 saturated carbocycles. The minimum atomic E-state index is -4.21. The summed E-state index contributed by atoms with van der Waals surface area (Å²) in [7, 11) is -4.21. The zero-order chi connectivity index (χ0) is 30.7. The highest BCUT2D eigenvalue weighted by atomic mass is 32.2. The molecule has 2 aromatic carbocycles. The third kappa shape index (κ3) is 8.59. The molecule has 3 aromatic rings. The minimum Gasteiger partial charge on any atom is -0.490 e. The maximum absolute atomic E-state index is 12.7. The summed E-state index contributed by atoms with van der Waals surface area (Å²) in [5.41, 5.74) is 6.03. The molecule has 0 aliphatic rings. The van der Waals surface area contributed by atoms with Gasteiger partial charge in [0.15, 0.2) is 11.5 Å². The number of sulfonamides is 1. The predicted molar refractivity (Wildman–Crippen MR) is 152 cm³/mol. The van der Waals surface area contributed by atoms with Crippen molar-refractivity contribution in [2.75, 3.05) is 26.3 Å². The molecule has 0 spiro atoms. The first-order valence-electron chi connectivity index (χ1n) is 12.9. The summed E-state index contributed by atoms with van der Waals surface area (Å²) in [6.45, 7) is 4.48. The lowest BCUT2D eigenvalue weighted by Gasteiger charge is -2.12. The van der Waals surface area contributed by atoms with Crippen LogP contribution >= 0.6 is 0 Å². The number of carbonyl (C=O) groups excluding carboxylic acids is 4. The van der Waals surface area contributed by atoms with E-state index < -0.39 is 27.7 Å². The van der Waals surface area contributed by atoms with Crippen molar-refractivity contribution < 1.29 is 37.1 Å². The number of nitrogens with one attached hydrogen (secondary N) is 3. The van der Waals surface area contributed by atoms with Gasteiger partial charge in [0, 0.05) is 18.3 Å². The monoisotopic (exact) mass is 597 g/mol. The third-order valence-electron chi connectivity index (χ3n) is 5.66. The fraction of sp³-hybridized carbons (Fsp3) is 0.250. The lowest BCUT2D eigenvalue weighted by atomic mass is 10.1. The number of pyridine rings is 1. The Labute approximate surface area is 242 Å². The number of benzene rings is 2. The van der Waals surface area contributed by atoms with Crippen LogP contribution in [0.5, 0.6) is 11.5 Å². The van der Waals surface area contributed by atoms with E-state index in [4.69, 9.17) is 15.2 Å². The molecule has 0 unspecified atom stereocenters. The van der Waals surface area contributed by atoms with Crippen molar-refractivity contribution in [3.05, 3.63) is 83.2 Å². The van der Waals surface area contributed by atoms with Gasteiger partial charge in [-0.15, -0.1) is 0 Å². The second kappa shape index (κ2) is 14.7. The van der Waals surface area contributed by atoms with Gasteiger partial charge in [-0.1, -0.05) is 12.1 Å². The molecule has 0 aliphatic heterocycles. The van der Waals surface area contributed by atoms with Gasteiger partial charge in [-0.3, -0.25) is 29.5 Å². The van der Waals surface area contributed by atoms with Gasteiger partial charge in [-0.05, 0) is 68.3 Å². The molecule has 0 saturated heterocycles. The van der Waals surface area contributed by atoms with E-state index in [1.54, 1.807) is 30.3 Å². The van der Waals surface area contributed by atoms with Crippen molar-refractivity contribution in [1.29, 1.82) is 0 Å². The van der Waals surface area contributed by atoms with E-state index in [-0.39, 0.29) is 28.6 Å². The smallest absolute Gasteiger partial charge is 0.276 e. The van der Waals surface area contributed by atoms with Gasteiger partial charge < -0.3 is 20.5 Å². The third-order valence-corrected chi connectivity index (χ3v) is 7.01. The van der Waals surface area contributed by atoms with Crippen LogP contribution in [0.3, 0.4) is 0 Å². The zero-order valence-corrected chi connectivity index (χ0v) is 23.8. The first-order chi connectivity index (χ1) is 20.1. The van der Waals surface area contributed by atoms with Crippen molar-refractivity contribution in [2.45, 2.75) is 25.2 Å². The first kappa shape index (κ1) is 31.7. The van der Waals surface area contributed by atoms with E-state index in [1.807, 2.05) is 23.9 Å². The normalized spacial score (nSPS) is 10.8. The second-order valence-corrected chi connectivity index (χ2v) is 10.3. The highest BCUT2D eigenvalue weighted by Crippen LogP contribution is 2.28. The van der Waals surface area contributed by atoms with Crippen molar-refractivity contribution in [1.82, 2.24) is 20.3 Å². The summed E-state index contributed by atoms with van der Waals surface area (Å²) in [6.07, 6.45) is 1.44. The van der Waals surface area contributed by atoms with Crippen LogP contribution in [0, 0.1) is 0 Å². The molecule has 0 atom stereocenters. The van der Waals surface area contributed by atoms with Crippen LogP contribution in [0.2, 0.25) is 0 Å². The van der Waals surface area contributed by atoms with E-state index in [9.17, 15) is 27.6 Å². The van der Waals surface area contributed by atoms with Gasteiger partial charge >= 0.3 is 0 Å². The topological polar surface area (TPSA) is 196 Å². The van der Waals surface area contributed by atoms with Crippen molar-refractivity contribution in [2.24, 2.45) is 5.73 Å². The average molecular weight is 598 g/mol. The van der Waals surface area contributed by atoms with Gasteiger partial charge in [0.2, 0.25) is 5.91 Å². The number of imide groups is 1. The van der Waals surface area contributed by atoms with Crippen LogP contribution < -0.4 is 30.6 Å². The van der Waals surface area contributed by atoms with Crippen molar-refractivity contribution in [3.63, 3.8) is 0 Å². The summed E-state index contributed by atoms with van der Waals surface area (Å²) in [4.78, 5) is 51.8. The maximum atomic E-state index is 12.7.